The van der Waals surface area contributed by atoms with Gasteiger partial charge in [-0.15, -0.1) is 0 Å². The number of aromatic carboxylic acids is 1. The Balaban J connectivity index is 2.85. The minimum Gasteiger partial charge on any atom is -0.478 e. The lowest BCUT2D eigenvalue weighted by Gasteiger charge is -1.91. The highest BCUT2D eigenvalue weighted by Crippen LogP contribution is 2.17. The van der Waals surface area contributed by atoms with Gasteiger partial charge in [-0.25, -0.2) is 4.79 Å². The highest BCUT2D eigenvalue weighted by Gasteiger charge is 2.12. The Morgan fingerprint density at radius 1 is 1.62 bits per heavy atom. The fraction of sp³-hybridized carbons (Fsp3) is 0.111. The number of fused-ring (bicyclic) bond motifs is 1. The molecule has 4 heteroatoms. The molecule has 2 aromatic heterocycles. The first-order chi connectivity index (χ1) is 6.20. The number of hydrogen-bond acceptors (Lipinski definition) is 2. The zero-order chi connectivity index (χ0) is 9.42. The van der Waals surface area contributed by atoms with E-state index in [9.17, 15) is 4.79 Å². The van der Waals surface area contributed by atoms with E-state index >= 15 is 0 Å². The number of aryl methyl sites for hydroxylation is 1. The maximum Gasteiger partial charge on any atom is 0.339 e. The lowest BCUT2D eigenvalue weighted by molar-refractivity contribution is 0.0698. The lowest BCUT2D eigenvalue weighted by atomic mass is 10.3. The average Bonchev–Trinajstić information content (AvgIpc) is 2.45. The number of aromatic nitrogens is 2. The molecule has 0 aromatic carbocycles. The van der Waals surface area contributed by atoms with Crippen molar-refractivity contribution in [3.05, 3.63) is 30.1 Å². The van der Waals surface area contributed by atoms with Crippen molar-refractivity contribution in [1.29, 1.82) is 0 Å². The van der Waals surface area contributed by atoms with Crippen molar-refractivity contribution in [3.63, 3.8) is 0 Å². The summed E-state index contributed by atoms with van der Waals surface area (Å²) in [6.07, 6.45) is 3.16. The molecule has 0 bridgehead atoms. The maximum atomic E-state index is 10.8. The first kappa shape index (κ1) is 7.79. The van der Waals surface area contributed by atoms with E-state index in [0.717, 1.165) is 5.52 Å². The Morgan fingerprint density at radius 2 is 2.38 bits per heavy atom. The number of hydrogen-bond donors (Lipinski definition) is 1. The molecule has 0 fully saturated rings. The van der Waals surface area contributed by atoms with Crippen LogP contribution in [0.3, 0.4) is 0 Å². The summed E-state index contributed by atoms with van der Waals surface area (Å²) in [4.78, 5) is 14.8. The largest absolute Gasteiger partial charge is 0.478 e. The van der Waals surface area contributed by atoms with Crippen LogP contribution in [-0.4, -0.2) is 20.6 Å². The van der Waals surface area contributed by atoms with E-state index < -0.39 is 5.97 Å². The molecule has 0 spiro atoms. The molecule has 0 unspecified atom stereocenters. The molecule has 0 aliphatic rings. The van der Waals surface area contributed by atoms with Crippen molar-refractivity contribution in [2.24, 2.45) is 7.05 Å². The van der Waals surface area contributed by atoms with Crippen molar-refractivity contribution in [2.75, 3.05) is 0 Å². The molecule has 2 aromatic rings. The third-order valence-electron chi connectivity index (χ3n) is 1.97. The Hall–Kier alpha value is -1.84. The van der Waals surface area contributed by atoms with Gasteiger partial charge < -0.3 is 9.67 Å². The Kier molecular flexibility index (Phi) is 1.55. The molecular formula is C9H8N2O2. The van der Waals surface area contributed by atoms with Crippen molar-refractivity contribution in [3.8, 4) is 0 Å². The van der Waals surface area contributed by atoms with Crippen LogP contribution in [0.25, 0.3) is 11.0 Å². The predicted molar refractivity (Wildman–Crippen MR) is 47.7 cm³/mol. The van der Waals surface area contributed by atoms with E-state index in [0.29, 0.717) is 5.52 Å². The van der Waals surface area contributed by atoms with Gasteiger partial charge in [0.05, 0.1) is 5.52 Å². The van der Waals surface area contributed by atoms with Crippen LogP contribution < -0.4 is 0 Å². The van der Waals surface area contributed by atoms with Crippen LogP contribution in [0.4, 0.5) is 0 Å². The SMILES string of the molecule is Cn1cc(C(=O)O)c2ncccc21. The van der Waals surface area contributed by atoms with E-state index in [4.69, 9.17) is 5.11 Å². The van der Waals surface area contributed by atoms with Gasteiger partial charge in [0, 0.05) is 19.4 Å². The van der Waals surface area contributed by atoms with Crippen LogP contribution >= 0.6 is 0 Å². The maximum absolute atomic E-state index is 10.8. The minimum atomic E-state index is -0.940. The van der Waals surface area contributed by atoms with Crippen LogP contribution in [0.1, 0.15) is 10.4 Å². The molecule has 0 atom stereocenters. The summed E-state index contributed by atoms with van der Waals surface area (Å²) in [5.41, 5.74) is 1.62. The van der Waals surface area contributed by atoms with E-state index in [1.807, 2.05) is 6.07 Å². The van der Waals surface area contributed by atoms with Gasteiger partial charge in [-0.1, -0.05) is 0 Å². The normalized spacial score (nSPS) is 10.5. The van der Waals surface area contributed by atoms with Crippen molar-refractivity contribution >= 4 is 17.0 Å². The molecule has 0 radical (unpaired) electrons. The molecule has 0 aliphatic carbocycles. The summed E-state index contributed by atoms with van der Waals surface area (Å²) in [6, 6.07) is 3.63. The molecule has 2 rings (SSSR count). The molecule has 0 amide bonds. The molecule has 13 heavy (non-hydrogen) atoms. The zero-order valence-electron chi connectivity index (χ0n) is 7.06. The average molecular weight is 176 g/mol. The van der Waals surface area contributed by atoms with Gasteiger partial charge in [-0.3, -0.25) is 4.98 Å². The molecule has 66 valence electrons. The van der Waals surface area contributed by atoms with E-state index in [-0.39, 0.29) is 5.56 Å². The van der Waals surface area contributed by atoms with E-state index in [2.05, 4.69) is 4.98 Å². The number of carbonyl (C=O) groups is 1. The Labute approximate surface area is 74.4 Å². The van der Waals surface area contributed by atoms with Gasteiger partial charge in [0.1, 0.15) is 11.1 Å². The van der Waals surface area contributed by atoms with Crippen molar-refractivity contribution < 1.29 is 9.90 Å². The highest BCUT2D eigenvalue weighted by atomic mass is 16.4. The molecule has 0 saturated heterocycles. The predicted octanol–water partition coefficient (Wildman–Crippen LogP) is 1.27. The number of nitrogens with zero attached hydrogens (tertiary/aromatic N) is 2. The molecule has 4 nitrogen and oxygen atoms in total. The number of rotatable bonds is 1. The third-order valence-corrected chi connectivity index (χ3v) is 1.97. The van der Waals surface area contributed by atoms with Gasteiger partial charge in [-0.05, 0) is 12.1 Å². The molecular weight excluding hydrogens is 168 g/mol. The van der Waals surface area contributed by atoms with Crippen LogP contribution in [0.2, 0.25) is 0 Å². The molecule has 1 N–H and O–H groups in total. The van der Waals surface area contributed by atoms with Gasteiger partial charge in [-0.2, -0.15) is 0 Å². The van der Waals surface area contributed by atoms with Gasteiger partial charge in [0.25, 0.3) is 0 Å². The smallest absolute Gasteiger partial charge is 0.339 e. The summed E-state index contributed by atoms with van der Waals surface area (Å²) < 4.78 is 1.76. The monoisotopic (exact) mass is 176 g/mol. The molecule has 0 saturated carbocycles. The second-order valence-corrected chi connectivity index (χ2v) is 2.83. The third kappa shape index (κ3) is 1.07. The van der Waals surface area contributed by atoms with Crippen molar-refractivity contribution in [2.45, 2.75) is 0 Å². The zero-order valence-corrected chi connectivity index (χ0v) is 7.06. The summed E-state index contributed by atoms with van der Waals surface area (Å²) in [6.45, 7) is 0. The van der Waals surface area contributed by atoms with Crippen molar-refractivity contribution in [1.82, 2.24) is 9.55 Å². The topological polar surface area (TPSA) is 55.1 Å². The van der Waals surface area contributed by atoms with Gasteiger partial charge in [0.2, 0.25) is 0 Å². The molecule has 2 heterocycles. The number of carboxylic acid groups (broad SMARTS) is 1. The summed E-state index contributed by atoms with van der Waals surface area (Å²) in [5, 5.41) is 8.84. The van der Waals surface area contributed by atoms with Gasteiger partial charge >= 0.3 is 5.97 Å². The number of carboxylic acids is 1. The van der Waals surface area contributed by atoms with Gasteiger partial charge in [0.15, 0.2) is 0 Å². The summed E-state index contributed by atoms with van der Waals surface area (Å²) in [7, 11) is 1.80. The Bertz CT molecular complexity index is 473. The lowest BCUT2D eigenvalue weighted by Crippen LogP contribution is -1.94. The van der Waals surface area contributed by atoms with Crippen LogP contribution in [0, 0.1) is 0 Å². The summed E-state index contributed by atoms with van der Waals surface area (Å²) in [5.74, 6) is -0.940. The first-order valence-electron chi connectivity index (χ1n) is 3.83. The van der Waals surface area contributed by atoms with E-state index in [1.54, 1.807) is 30.1 Å². The van der Waals surface area contributed by atoms with Crippen LogP contribution in [0.5, 0.6) is 0 Å². The van der Waals surface area contributed by atoms with Crippen LogP contribution in [-0.2, 0) is 7.05 Å². The second-order valence-electron chi connectivity index (χ2n) is 2.83. The summed E-state index contributed by atoms with van der Waals surface area (Å²) >= 11 is 0. The number of pyridine rings is 1. The molecule has 0 aliphatic heterocycles. The quantitative estimate of drug-likeness (QED) is 0.711. The standard InChI is InChI=1S/C9H8N2O2/c1-11-5-6(9(12)13)8-7(11)3-2-4-10-8/h2-5H,1H3,(H,12,13). The Morgan fingerprint density at radius 3 is 3.08 bits per heavy atom. The second kappa shape index (κ2) is 2.58. The fourth-order valence-electron chi connectivity index (χ4n) is 1.37. The van der Waals surface area contributed by atoms with Crippen LogP contribution in [0.15, 0.2) is 24.5 Å². The first-order valence-corrected chi connectivity index (χ1v) is 3.83. The minimum absolute atomic E-state index is 0.248. The van der Waals surface area contributed by atoms with E-state index in [1.165, 1.54) is 0 Å². The highest BCUT2D eigenvalue weighted by molar-refractivity contribution is 6.01. The fourth-order valence-corrected chi connectivity index (χ4v) is 1.37.